The van der Waals surface area contributed by atoms with Crippen LogP contribution in [0.4, 0.5) is 0 Å². The summed E-state index contributed by atoms with van der Waals surface area (Å²) in [7, 11) is 0. The second kappa shape index (κ2) is 9.38. The maximum Gasteiger partial charge on any atom is 0.223 e. The van der Waals surface area contributed by atoms with Crippen molar-refractivity contribution in [2.75, 3.05) is 19.6 Å². The van der Waals surface area contributed by atoms with Gasteiger partial charge in [0, 0.05) is 19.5 Å². The van der Waals surface area contributed by atoms with E-state index in [9.17, 15) is 4.79 Å². The number of hydrogen-bond acceptors (Lipinski definition) is 2. The standard InChI is InChI=1S/C17H34N2O/c1-3-5-7-12-19(13-8-6-4-2)16(20)14-17(15-18)10-9-11-17/h3-15,18H2,1-2H3. The van der Waals surface area contributed by atoms with E-state index >= 15 is 0 Å². The first kappa shape index (κ1) is 17.5. The van der Waals surface area contributed by atoms with Gasteiger partial charge in [-0.25, -0.2) is 0 Å². The van der Waals surface area contributed by atoms with Gasteiger partial charge in [0.25, 0.3) is 0 Å². The molecule has 3 nitrogen and oxygen atoms in total. The van der Waals surface area contributed by atoms with Gasteiger partial charge in [-0.3, -0.25) is 4.79 Å². The Labute approximate surface area is 125 Å². The van der Waals surface area contributed by atoms with Crippen LogP contribution in [0.2, 0.25) is 0 Å². The van der Waals surface area contributed by atoms with Crippen LogP contribution in [0.1, 0.15) is 78.1 Å². The number of unbranched alkanes of at least 4 members (excludes halogenated alkanes) is 4. The highest BCUT2D eigenvalue weighted by molar-refractivity contribution is 5.77. The third kappa shape index (κ3) is 5.43. The molecular weight excluding hydrogens is 248 g/mol. The van der Waals surface area contributed by atoms with Crippen LogP contribution in [-0.4, -0.2) is 30.4 Å². The molecule has 0 unspecified atom stereocenters. The summed E-state index contributed by atoms with van der Waals surface area (Å²) in [5, 5.41) is 0. The third-order valence-corrected chi connectivity index (χ3v) is 4.79. The zero-order chi connectivity index (χ0) is 14.8. The highest BCUT2D eigenvalue weighted by Crippen LogP contribution is 2.43. The topological polar surface area (TPSA) is 46.3 Å². The molecule has 0 radical (unpaired) electrons. The van der Waals surface area contributed by atoms with Crippen molar-refractivity contribution in [1.82, 2.24) is 4.90 Å². The Hall–Kier alpha value is -0.570. The molecule has 1 fully saturated rings. The van der Waals surface area contributed by atoms with Gasteiger partial charge in [0.2, 0.25) is 5.91 Å². The molecule has 1 rings (SSSR count). The van der Waals surface area contributed by atoms with Crippen molar-refractivity contribution < 1.29 is 4.79 Å². The van der Waals surface area contributed by atoms with Gasteiger partial charge in [0.05, 0.1) is 0 Å². The molecule has 20 heavy (non-hydrogen) atoms. The number of nitrogens with two attached hydrogens (primary N) is 1. The summed E-state index contributed by atoms with van der Waals surface area (Å²) in [6.07, 6.45) is 11.4. The first-order valence-corrected chi connectivity index (χ1v) is 8.65. The predicted octanol–water partition coefficient (Wildman–Crippen LogP) is 3.71. The minimum Gasteiger partial charge on any atom is -0.343 e. The molecule has 118 valence electrons. The molecule has 0 aromatic heterocycles. The summed E-state index contributed by atoms with van der Waals surface area (Å²) in [6, 6.07) is 0. The van der Waals surface area contributed by atoms with E-state index in [1.54, 1.807) is 0 Å². The lowest BCUT2D eigenvalue weighted by molar-refractivity contribution is -0.135. The summed E-state index contributed by atoms with van der Waals surface area (Å²) < 4.78 is 0. The van der Waals surface area contributed by atoms with Crippen molar-refractivity contribution in [1.29, 1.82) is 0 Å². The van der Waals surface area contributed by atoms with E-state index < -0.39 is 0 Å². The average Bonchev–Trinajstić information content (AvgIpc) is 2.41. The Morgan fingerprint density at radius 2 is 1.60 bits per heavy atom. The molecule has 3 heteroatoms. The maximum atomic E-state index is 12.6. The minimum absolute atomic E-state index is 0.144. The fraction of sp³-hybridized carbons (Fsp3) is 0.941. The summed E-state index contributed by atoms with van der Waals surface area (Å²) in [5.74, 6) is 0.349. The molecule has 0 heterocycles. The van der Waals surface area contributed by atoms with Crippen molar-refractivity contribution in [3.8, 4) is 0 Å². The van der Waals surface area contributed by atoms with Crippen molar-refractivity contribution in [2.45, 2.75) is 78.1 Å². The van der Waals surface area contributed by atoms with Crippen molar-refractivity contribution in [3.05, 3.63) is 0 Å². The average molecular weight is 282 g/mol. The molecule has 0 aromatic carbocycles. The number of hydrogen-bond donors (Lipinski definition) is 1. The number of nitrogens with zero attached hydrogens (tertiary/aromatic N) is 1. The van der Waals surface area contributed by atoms with Crippen molar-refractivity contribution in [2.24, 2.45) is 11.1 Å². The van der Waals surface area contributed by atoms with Crippen molar-refractivity contribution >= 4 is 5.91 Å². The van der Waals surface area contributed by atoms with E-state index in [2.05, 4.69) is 18.7 Å². The molecule has 0 spiro atoms. The molecule has 0 aliphatic heterocycles. The fourth-order valence-corrected chi connectivity index (χ4v) is 3.03. The zero-order valence-corrected chi connectivity index (χ0v) is 13.6. The van der Waals surface area contributed by atoms with Crippen LogP contribution in [0.25, 0.3) is 0 Å². The Morgan fingerprint density at radius 3 is 1.95 bits per heavy atom. The molecule has 0 bridgehead atoms. The van der Waals surface area contributed by atoms with Crippen LogP contribution in [0.15, 0.2) is 0 Å². The lowest BCUT2D eigenvalue weighted by Gasteiger charge is -2.41. The molecule has 1 saturated carbocycles. The first-order valence-electron chi connectivity index (χ1n) is 8.65. The monoisotopic (exact) mass is 282 g/mol. The van der Waals surface area contributed by atoms with Gasteiger partial charge in [0.15, 0.2) is 0 Å². The van der Waals surface area contributed by atoms with Crippen molar-refractivity contribution in [3.63, 3.8) is 0 Å². The van der Waals surface area contributed by atoms with E-state index in [0.29, 0.717) is 18.9 Å². The first-order chi connectivity index (χ1) is 9.67. The quantitative estimate of drug-likeness (QED) is 0.587. The van der Waals surface area contributed by atoms with E-state index in [-0.39, 0.29) is 5.41 Å². The summed E-state index contributed by atoms with van der Waals surface area (Å²) in [6.45, 7) is 6.98. The highest BCUT2D eigenvalue weighted by atomic mass is 16.2. The van der Waals surface area contributed by atoms with E-state index in [1.807, 2.05) is 0 Å². The summed E-state index contributed by atoms with van der Waals surface area (Å²) in [5.41, 5.74) is 6.03. The van der Waals surface area contributed by atoms with Gasteiger partial charge >= 0.3 is 0 Å². The van der Waals surface area contributed by atoms with Crippen LogP contribution in [0.3, 0.4) is 0 Å². The largest absolute Gasteiger partial charge is 0.343 e. The fourth-order valence-electron chi connectivity index (χ4n) is 3.03. The Morgan fingerprint density at radius 1 is 1.05 bits per heavy atom. The smallest absolute Gasteiger partial charge is 0.223 e. The highest BCUT2D eigenvalue weighted by Gasteiger charge is 2.38. The van der Waals surface area contributed by atoms with Gasteiger partial charge in [0.1, 0.15) is 0 Å². The van der Waals surface area contributed by atoms with E-state index in [0.717, 1.165) is 38.8 Å². The van der Waals surface area contributed by atoms with Gasteiger partial charge in [-0.05, 0) is 37.6 Å². The summed E-state index contributed by atoms with van der Waals surface area (Å²) in [4.78, 5) is 14.7. The zero-order valence-electron chi connectivity index (χ0n) is 13.6. The summed E-state index contributed by atoms with van der Waals surface area (Å²) >= 11 is 0. The maximum absolute atomic E-state index is 12.6. The Kier molecular flexibility index (Phi) is 8.20. The van der Waals surface area contributed by atoms with Crippen LogP contribution in [0.5, 0.6) is 0 Å². The lowest BCUT2D eigenvalue weighted by atomic mass is 9.66. The normalized spacial score (nSPS) is 16.8. The molecule has 0 atom stereocenters. The molecular formula is C17H34N2O. The van der Waals surface area contributed by atoms with Crippen LogP contribution in [0, 0.1) is 5.41 Å². The number of carbonyl (C=O) groups is 1. The number of amides is 1. The number of carbonyl (C=O) groups excluding carboxylic acids is 1. The van der Waals surface area contributed by atoms with Gasteiger partial charge in [-0.2, -0.15) is 0 Å². The Bertz CT molecular complexity index is 259. The second-order valence-corrected chi connectivity index (χ2v) is 6.53. The van der Waals surface area contributed by atoms with Gasteiger partial charge < -0.3 is 10.6 Å². The molecule has 0 aromatic rings. The SMILES string of the molecule is CCCCCN(CCCCC)C(=O)CC1(CN)CCC1. The molecule has 2 N–H and O–H groups in total. The Balaban J connectivity index is 2.44. The molecule has 1 amide bonds. The van der Waals surface area contributed by atoms with Crippen LogP contribution >= 0.6 is 0 Å². The molecule has 0 saturated heterocycles. The lowest BCUT2D eigenvalue weighted by Crippen LogP contribution is -2.43. The van der Waals surface area contributed by atoms with Crippen LogP contribution in [-0.2, 0) is 4.79 Å². The third-order valence-electron chi connectivity index (χ3n) is 4.79. The molecule has 1 aliphatic carbocycles. The van der Waals surface area contributed by atoms with Crippen LogP contribution < -0.4 is 5.73 Å². The predicted molar refractivity (Wildman–Crippen MR) is 85.6 cm³/mol. The van der Waals surface area contributed by atoms with Gasteiger partial charge in [-0.15, -0.1) is 0 Å². The van der Waals surface area contributed by atoms with Gasteiger partial charge in [-0.1, -0.05) is 46.0 Å². The van der Waals surface area contributed by atoms with E-state index in [1.165, 1.54) is 32.1 Å². The number of rotatable bonds is 11. The van der Waals surface area contributed by atoms with E-state index in [4.69, 9.17) is 5.73 Å². The minimum atomic E-state index is 0.144. The molecule has 1 aliphatic rings. The second-order valence-electron chi connectivity index (χ2n) is 6.53.